The molecule has 0 radical (unpaired) electrons. The lowest BCUT2D eigenvalue weighted by Gasteiger charge is -2.18. The second-order valence-corrected chi connectivity index (χ2v) is 11.7. The van der Waals surface area contributed by atoms with Crippen LogP contribution in [0.2, 0.25) is 0 Å². The maximum atomic E-state index is 5.96. The quantitative estimate of drug-likeness (QED) is 0.336. The third kappa shape index (κ3) is 3.79. The van der Waals surface area contributed by atoms with E-state index in [1.54, 1.807) is 23.1 Å². The highest BCUT2D eigenvalue weighted by Crippen LogP contribution is 2.42. The van der Waals surface area contributed by atoms with Crippen LogP contribution >= 0.6 is 34.4 Å². The summed E-state index contributed by atoms with van der Waals surface area (Å²) in [5, 5.41) is 14.4. The molecule has 1 saturated heterocycles. The van der Waals surface area contributed by atoms with Gasteiger partial charge in [0.15, 0.2) is 11.0 Å². The second kappa shape index (κ2) is 8.52. The topological polar surface area (TPSA) is 65.7 Å². The number of nitrogens with zero attached hydrogens (tertiary/aromatic N) is 5. The molecule has 0 spiro atoms. The van der Waals surface area contributed by atoms with Crippen molar-refractivity contribution in [1.82, 2.24) is 24.7 Å². The number of thiophene rings is 2. The molecule has 6 rings (SSSR count). The number of hydrogen-bond acceptors (Lipinski definition) is 8. The molecule has 2 aliphatic rings. The lowest BCUT2D eigenvalue weighted by atomic mass is 9.89. The Morgan fingerprint density at radius 3 is 3.00 bits per heavy atom. The molecule has 6 nitrogen and oxygen atoms in total. The Kier molecular flexibility index (Phi) is 5.53. The van der Waals surface area contributed by atoms with Crippen molar-refractivity contribution >= 4 is 44.7 Å². The van der Waals surface area contributed by atoms with Gasteiger partial charge in [-0.2, -0.15) is 0 Å². The van der Waals surface area contributed by atoms with Gasteiger partial charge >= 0.3 is 0 Å². The SMILES string of the molecule is Cc1nc(Sc2nnc(-c3cccs3)n2C[C@@H]2CCCO2)c2c3c(sc2n1)C[C@H](C)CC3. The van der Waals surface area contributed by atoms with E-state index in [2.05, 4.69) is 39.2 Å². The molecular formula is C23H25N5OS3. The number of rotatable bonds is 5. The van der Waals surface area contributed by atoms with E-state index >= 15 is 0 Å². The van der Waals surface area contributed by atoms with Crippen LogP contribution in [-0.4, -0.2) is 37.4 Å². The van der Waals surface area contributed by atoms with Gasteiger partial charge in [-0.25, -0.2) is 9.97 Å². The first-order valence-electron chi connectivity index (χ1n) is 11.2. The number of aromatic nitrogens is 5. The summed E-state index contributed by atoms with van der Waals surface area (Å²) in [5.74, 6) is 2.47. The van der Waals surface area contributed by atoms with E-state index in [9.17, 15) is 0 Å². The van der Waals surface area contributed by atoms with Crippen molar-refractivity contribution in [2.75, 3.05) is 6.61 Å². The van der Waals surface area contributed by atoms with Gasteiger partial charge in [0.05, 0.1) is 17.5 Å². The summed E-state index contributed by atoms with van der Waals surface area (Å²) in [6.07, 6.45) is 5.91. The van der Waals surface area contributed by atoms with Crippen molar-refractivity contribution in [2.24, 2.45) is 5.92 Å². The zero-order valence-electron chi connectivity index (χ0n) is 18.2. The lowest BCUT2D eigenvalue weighted by molar-refractivity contribution is 0.0953. The summed E-state index contributed by atoms with van der Waals surface area (Å²) in [4.78, 5) is 13.4. The summed E-state index contributed by atoms with van der Waals surface area (Å²) in [5.41, 5.74) is 1.45. The number of fused-ring (bicyclic) bond motifs is 3. The van der Waals surface area contributed by atoms with Gasteiger partial charge < -0.3 is 4.74 Å². The summed E-state index contributed by atoms with van der Waals surface area (Å²) in [6.45, 7) is 5.95. The number of ether oxygens (including phenoxy) is 1. The monoisotopic (exact) mass is 483 g/mol. The van der Waals surface area contributed by atoms with Crippen molar-refractivity contribution in [2.45, 2.75) is 68.8 Å². The van der Waals surface area contributed by atoms with Crippen LogP contribution in [0.3, 0.4) is 0 Å². The third-order valence-electron chi connectivity index (χ3n) is 6.29. The first kappa shape index (κ1) is 20.8. The molecule has 4 aromatic rings. The Labute approximate surface area is 199 Å². The molecule has 4 aromatic heterocycles. The van der Waals surface area contributed by atoms with E-state index < -0.39 is 0 Å². The van der Waals surface area contributed by atoms with Crippen LogP contribution in [0.1, 0.15) is 42.5 Å². The van der Waals surface area contributed by atoms with Gasteiger partial charge in [0, 0.05) is 16.9 Å². The van der Waals surface area contributed by atoms with Crippen LogP contribution < -0.4 is 0 Å². The van der Waals surface area contributed by atoms with Gasteiger partial charge in [-0.15, -0.1) is 32.9 Å². The average Bonchev–Trinajstić information content (AvgIpc) is 3.55. The van der Waals surface area contributed by atoms with Gasteiger partial charge in [-0.1, -0.05) is 13.0 Å². The van der Waals surface area contributed by atoms with Crippen molar-refractivity contribution in [3.63, 3.8) is 0 Å². The molecule has 0 amide bonds. The van der Waals surface area contributed by atoms with Gasteiger partial charge in [0.25, 0.3) is 0 Å². The van der Waals surface area contributed by atoms with E-state index in [4.69, 9.17) is 14.7 Å². The van der Waals surface area contributed by atoms with Crippen molar-refractivity contribution < 1.29 is 4.74 Å². The maximum Gasteiger partial charge on any atom is 0.197 e. The highest BCUT2D eigenvalue weighted by molar-refractivity contribution is 7.99. The summed E-state index contributed by atoms with van der Waals surface area (Å²) < 4.78 is 8.19. The van der Waals surface area contributed by atoms with Crippen LogP contribution in [0.5, 0.6) is 0 Å². The first-order chi connectivity index (χ1) is 15.7. The molecule has 9 heteroatoms. The lowest BCUT2D eigenvalue weighted by Crippen LogP contribution is -2.16. The Bertz CT molecular complexity index is 1260. The molecular weight excluding hydrogens is 458 g/mol. The molecule has 1 aliphatic carbocycles. The predicted molar refractivity (Wildman–Crippen MR) is 130 cm³/mol. The Morgan fingerprint density at radius 2 is 2.19 bits per heavy atom. The van der Waals surface area contributed by atoms with Crippen LogP contribution in [0.4, 0.5) is 0 Å². The van der Waals surface area contributed by atoms with E-state index in [1.807, 2.05) is 18.3 Å². The second-order valence-electron chi connectivity index (χ2n) is 8.74. The minimum absolute atomic E-state index is 0.214. The van der Waals surface area contributed by atoms with Gasteiger partial charge in [-0.05, 0) is 73.7 Å². The van der Waals surface area contributed by atoms with Crippen LogP contribution in [-0.2, 0) is 24.1 Å². The minimum atomic E-state index is 0.214. The molecule has 0 unspecified atom stereocenters. The standard InChI is InChI=1S/C23H25N5OS3/c1-13-7-8-16-18(11-13)31-21-19(16)22(25-14(2)24-21)32-23-27-26-20(17-6-4-10-30-17)28(23)12-15-5-3-9-29-15/h4,6,10,13,15H,3,5,7-9,11-12H2,1-2H3/t13-,15+/m1/s1. The third-order valence-corrected chi connectivity index (χ3v) is 9.28. The summed E-state index contributed by atoms with van der Waals surface area (Å²) >= 11 is 5.18. The van der Waals surface area contributed by atoms with Gasteiger partial charge in [0.1, 0.15) is 15.7 Å². The highest BCUT2D eigenvalue weighted by Gasteiger charge is 2.27. The molecule has 0 saturated carbocycles. The predicted octanol–water partition coefficient (Wildman–Crippen LogP) is 5.77. The Balaban J connectivity index is 1.43. The Hall–Kier alpha value is -1.81. The zero-order chi connectivity index (χ0) is 21.7. The van der Waals surface area contributed by atoms with Crippen LogP contribution in [0, 0.1) is 12.8 Å². The summed E-state index contributed by atoms with van der Waals surface area (Å²) in [6, 6.07) is 4.17. The number of aryl methyl sites for hydroxylation is 2. The molecule has 166 valence electrons. The highest BCUT2D eigenvalue weighted by atomic mass is 32.2. The molecule has 0 bridgehead atoms. The molecule has 2 atom stereocenters. The smallest absolute Gasteiger partial charge is 0.197 e. The summed E-state index contributed by atoms with van der Waals surface area (Å²) in [7, 11) is 0. The molecule has 1 aliphatic heterocycles. The Morgan fingerprint density at radius 1 is 1.25 bits per heavy atom. The van der Waals surface area contributed by atoms with Crippen LogP contribution in [0.15, 0.2) is 27.7 Å². The molecule has 1 fully saturated rings. The molecule has 5 heterocycles. The van der Waals surface area contributed by atoms with E-state index in [0.717, 1.165) is 76.3 Å². The largest absolute Gasteiger partial charge is 0.376 e. The van der Waals surface area contributed by atoms with Crippen molar-refractivity contribution in [3.05, 3.63) is 33.8 Å². The van der Waals surface area contributed by atoms with E-state index in [0.29, 0.717) is 0 Å². The molecule has 32 heavy (non-hydrogen) atoms. The molecule has 0 N–H and O–H groups in total. The first-order valence-corrected chi connectivity index (χ1v) is 13.7. The van der Waals surface area contributed by atoms with Crippen LogP contribution in [0.25, 0.3) is 20.9 Å². The normalized spacial score (nSPS) is 20.8. The zero-order valence-corrected chi connectivity index (χ0v) is 20.7. The van der Waals surface area contributed by atoms with Crippen molar-refractivity contribution in [1.29, 1.82) is 0 Å². The van der Waals surface area contributed by atoms with E-state index in [1.165, 1.54) is 22.2 Å². The molecule has 0 aromatic carbocycles. The minimum Gasteiger partial charge on any atom is -0.376 e. The van der Waals surface area contributed by atoms with E-state index in [-0.39, 0.29) is 6.10 Å². The fourth-order valence-corrected chi connectivity index (χ4v) is 7.92. The van der Waals surface area contributed by atoms with Gasteiger partial charge in [0.2, 0.25) is 0 Å². The van der Waals surface area contributed by atoms with Gasteiger partial charge in [-0.3, -0.25) is 4.57 Å². The average molecular weight is 484 g/mol. The fraction of sp³-hybridized carbons (Fsp3) is 0.478. The maximum absolute atomic E-state index is 5.96. The fourth-order valence-electron chi connectivity index (χ4n) is 4.68. The van der Waals surface area contributed by atoms with Crippen molar-refractivity contribution in [3.8, 4) is 10.7 Å². The number of hydrogen-bond donors (Lipinski definition) is 0.